The molecule has 2 aromatic carbocycles. The number of aromatic hydroxyl groups is 1. The molecular weight excluding hydrogens is 760 g/mol. The summed E-state index contributed by atoms with van der Waals surface area (Å²) in [6, 6.07) is 7.28. The van der Waals surface area contributed by atoms with Crippen molar-refractivity contribution in [1.29, 1.82) is 0 Å². The number of fused-ring (bicyclic) bond motifs is 1. The number of aliphatic hydroxyl groups excluding tert-OH is 9. The molecule has 14 atom stereocenters. The molecule has 19 heteroatoms. The van der Waals surface area contributed by atoms with Crippen LogP contribution < -0.4 is 19.6 Å². The van der Waals surface area contributed by atoms with E-state index in [-0.39, 0.29) is 41.1 Å². The van der Waals surface area contributed by atoms with Crippen LogP contribution >= 0.6 is 0 Å². The number of methoxy groups -OCH3 is 1. The topological polar surface area (TPSA) is 297 Å². The molecule has 0 aliphatic carbocycles. The molecule has 0 unspecified atom stereocenters. The second-order valence-electron chi connectivity index (χ2n) is 14.4. The van der Waals surface area contributed by atoms with Crippen LogP contribution in [0.2, 0.25) is 0 Å². The van der Waals surface area contributed by atoms with E-state index in [2.05, 4.69) is 0 Å². The molecule has 0 radical (unpaired) electrons. The van der Waals surface area contributed by atoms with Gasteiger partial charge in [-0.05, 0) is 51.5 Å². The lowest BCUT2D eigenvalue weighted by atomic mass is 9.99. The quantitative estimate of drug-likeness (QED) is 0.103. The minimum absolute atomic E-state index is 0.0219. The van der Waals surface area contributed by atoms with Crippen molar-refractivity contribution in [3.05, 3.63) is 57.8 Å². The van der Waals surface area contributed by atoms with E-state index in [4.69, 9.17) is 37.6 Å². The molecule has 3 aliphatic rings. The Hall–Kier alpha value is -3.93. The van der Waals surface area contributed by atoms with E-state index in [1.54, 1.807) is 30.3 Å². The Kier molecular flexibility index (Phi) is 13.1. The SMILES string of the molecule is COc1ccc(-c2oc3c(CC=C(C)C)c(O[C@@H]4O[C@H](CO)[C@@H](O)[C@H](O)[C@H]4O)cc(O)c3c(=O)c2O[C@@H]2O[C@@H](C)[C@H](O)[C@@H](O)[C@H]2O[C@H]2C[C@H](O)[C@@H](O)[C@H](O)O2)cc1. The third-order valence-electron chi connectivity index (χ3n) is 10.1. The van der Waals surface area contributed by atoms with Gasteiger partial charge < -0.3 is 88.6 Å². The van der Waals surface area contributed by atoms with Gasteiger partial charge in [0.15, 0.2) is 24.4 Å². The first-order valence-electron chi connectivity index (χ1n) is 18.2. The van der Waals surface area contributed by atoms with E-state index in [0.717, 1.165) is 11.6 Å². The van der Waals surface area contributed by atoms with Crippen LogP contribution in [0.5, 0.6) is 23.0 Å². The number of hydrogen-bond donors (Lipinski definition) is 10. The van der Waals surface area contributed by atoms with Gasteiger partial charge in [-0.25, -0.2) is 0 Å². The molecule has 0 bridgehead atoms. The predicted molar refractivity (Wildman–Crippen MR) is 193 cm³/mol. The first-order chi connectivity index (χ1) is 27.0. The van der Waals surface area contributed by atoms with Crippen molar-refractivity contribution in [3.63, 3.8) is 0 Å². The Balaban J connectivity index is 1.50. The number of hydrogen-bond acceptors (Lipinski definition) is 19. The van der Waals surface area contributed by atoms with Crippen LogP contribution in [0.3, 0.4) is 0 Å². The standard InChI is InChI=1S/C38H48O19/c1-14(2)5-10-18-21(52-37-31(48)29(46)27(44)22(13-39)53-37)11-19(40)24-28(45)34(32(56-33(18)24)16-6-8-17(50-4)9-7-16)57-38-35(30(47)25(42)15(3)51-38)54-23-12-20(41)26(43)36(49)55-23/h5-9,11,15,20,22-23,25-27,29-31,35-44,46-49H,10,12-13H2,1-4H3/t15-,20-,22+,23+,25-,26+,27+,29-,30+,31+,35+,36+,37+,38-/m0/s1. The van der Waals surface area contributed by atoms with Gasteiger partial charge in [0.2, 0.25) is 23.8 Å². The van der Waals surface area contributed by atoms with Gasteiger partial charge in [0.25, 0.3) is 0 Å². The summed E-state index contributed by atoms with van der Waals surface area (Å²) in [6.45, 7) is 4.31. The average molecular weight is 809 g/mol. The fraction of sp³-hybridized carbons (Fsp3) is 0.553. The van der Waals surface area contributed by atoms with Gasteiger partial charge in [-0.1, -0.05) is 11.6 Å². The zero-order valence-corrected chi connectivity index (χ0v) is 31.3. The number of aliphatic hydroxyl groups is 9. The monoisotopic (exact) mass is 808 g/mol. The van der Waals surface area contributed by atoms with Gasteiger partial charge in [0, 0.05) is 23.6 Å². The molecule has 4 heterocycles. The maximum Gasteiger partial charge on any atom is 0.239 e. The predicted octanol–water partition coefficient (Wildman–Crippen LogP) is -1.12. The van der Waals surface area contributed by atoms with E-state index < -0.39 is 115 Å². The highest BCUT2D eigenvalue weighted by Crippen LogP contribution is 2.42. The van der Waals surface area contributed by atoms with Crippen molar-refractivity contribution in [1.82, 2.24) is 0 Å². The van der Waals surface area contributed by atoms with Crippen LogP contribution in [0.1, 0.15) is 32.8 Å². The van der Waals surface area contributed by atoms with Crippen molar-refractivity contribution < 1.29 is 88.6 Å². The van der Waals surface area contributed by atoms with Crippen LogP contribution in [0.25, 0.3) is 22.3 Å². The normalized spacial score (nSPS) is 34.5. The Morgan fingerprint density at radius 1 is 0.860 bits per heavy atom. The first-order valence-corrected chi connectivity index (χ1v) is 18.2. The average Bonchev–Trinajstić information content (AvgIpc) is 3.18. The Labute approximate surface area is 325 Å². The summed E-state index contributed by atoms with van der Waals surface area (Å²) in [5.41, 5.74) is 0.0925. The molecule has 10 N–H and O–H groups in total. The van der Waals surface area contributed by atoms with E-state index in [1.807, 2.05) is 13.8 Å². The van der Waals surface area contributed by atoms with Crippen LogP contribution in [0, 0.1) is 0 Å². The lowest BCUT2D eigenvalue weighted by Crippen LogP contribution is -2.61. The lowest BCUT2D eigenvalue weighted by Gasteiger charge is -2.43. The number of benzene rings is 2. The Morgan fingerprint density at radius 3 is 2.19 bits per heavy atom. The summed E-state index contributed by atoms with van der Waals surface area (Å²) < 4.78 is 46.5. The number of rotatable bonds is 11. The molecule has 0 spiro atoms. The minimum Gasteiger partial charge on any atom is -0.507 e. The molecule has 0 saturated carbocycles. The van der Waals surface area contributed by atoms with E-state index in [1.165, 1.54) is 14.0 Å². The fourth-order valence-corrected chi connectivity index (χ4v) is 6.73. The molecule has 1 aromatic heterocycles. The largest absolute Gasteiger partial charge is 0.507 e. The van der Waals surface area contributed by atoms with Crippen molar-refractivity contribution in [3.8, 4) is 34.3 Å². The molecule has 314 valence electrons. The number of phenols is 1. The Morgan fingerprint density at radius 2 is 1.56 bits per heavy atom. The summed E-state index contributed by atoms with van der Waals surface area (Å²) in [5, 5.41) is 104. The van der Waals surface area contributed by atoms with E-state index >= 15 is 0 Å². The van der Waals surface area contributed by atoms with Gasteiger partial charge in [0.1, 0.15) is 70.9 Å². The second kappa shape index (κ2) is 17.5. The zero-order valence-electron chi connectivity index (χ0n) is 31.3. The molecule has 19 nitrogen and oxygen atoms in total. The number of allylic oxidation sites excluding steroid dienone is 2. The van der Waals surface area contributed by atoms with Crippen molar-refractivity contribution in [2.24, 2.45) is 0 Å². The third kappa shape index (κ3) is 8.62. The van der Waals surface area contributed by atoms with E-state index in [9.17, 15) is 55.9 Å². The molecule has 3 aromatic rings. The zero-order chi connectivity index (χ0) is 41.5. The van der Waals surface area contributed by atoms with Gasteiger partial charge in [0.05, 0.1) is 25.9 Å². The number of ether oxygens (including phenoxy) is 7. The van der Waals surface area contributed by atoms with Crippen LogP contribution in [0.4, 0.5) is 0 Å². The molecule has 6 rings (SSSR count). The summed E-state index contributed by atoms with van der Waals surface area (Å²) >= 11 is 0. The van der Waals surface area contributed by atoms with Gasteiger partial charge in [-0.15, -0.1) is 0 Å². The molecule has 3 fully saturated rings. The highest BCUT2D eigenvalue weighted by Gasteiger charge is 2.49. The van der Waals surface area contributed by atoms with Crippen LogP contribution in [-0.2, 0) is 25.4 Å². The highest BCUT2D eigenvalue weighted by atomic mass is 16.8. The second-order valence-corrected chi connectivity index (χ2v) is 14.4. The maximum absolute atomic E-state index is 14.7. The van der Waals surface area contributed by atoms with Crippen molar-refractivity contribution in [2.75, 3.05) is 13.7 Å². The lowest BCUT2D eigenvalue weighted by molar-refractivity contribution is -0.354. The molecule has 3 aliphatic heterocycles. The summed E-state index contributed by atoms with van der Waals surface area (Å²) in [6.07, 6.45) is -21.0. The van der Waals surface area contributed by atoms with Crippen molar-refractivity contribution >= 4 is 11.0 Å². The smallest absolute Gasteiger partial charge is 0.239 e. The summed E-state index contributed by atoms with van der Waals surface area (Å²) in [7, 11) is 1.45. The molecule has 0 amide bonds. The Bertz CT molecular complexity index is 1930. The van der Waals surface area contributed by atoms with Gasteiger partial charge in [-0.2, -0.15) is 0 Å². The fourth-order valence-electron chi connectivity index (χ4n) is 6.73. The van der Waals surface area contributed by atoms with Gasteiger partial charge in [-0.3, -0.25) is 4.79 Å². The maximum atomic E-state index is 14.7. The highest BCUT2D eigenvalue weighted by molar-refractivity contribution is 5.91. The van der Waals surface area contributed by atoms with Crippen LogP contribution in [-0.4, -0.2) is 151 Å². The van der Waals surface area contributed by atoms with E-state index in [0.29, 0.717) is 5.75 Å². The molecule has 3 saturated heterocycles. The van der Waals surface area contributed by atoms with Crippen LogP contribution in [0.15, 0.2) is 51.2 Å². The van der Waals surface area contributed by atoms with Crippen molar-refractivity contribution in [2.45, 2.75) is 120 Å². The third-order valence-corrected chi connectivity index (χ3v) is 10.1. The first kappa shape index (κ1) is 42.7. The van der Waals surface area contributed by atoms with Gasteiger partial charge >= 0.3 is 0 Å². The summed E-state index contributed by atoms with van der Waals surface area (Å²) in [4.78, 5) is 14.7. The summed E-state index contributed by atoms with van der Waals surface area (Å²) in [5.74, 6) is -1.18. The molecule has 57 heavy (non-hydrogen) atoms. The minimum atomic E-state index is -1.86. The number of phenolic OH excluding ortho intramolecular Hbond substituents is 1. The molecular formula is C38H48O19.